The molecule has 1 heterocycles. The standard InChI is InChI=1S/C12H10FN3O/c13-9-3-5-10(6-4-9)16-12(8-1-2-8)11(7-17)14-15-16/h3-8H,1-2H2. The van der Waals surface area contributed by atoms with Crippen molar-refractivity contribution in [3.05, 3.63) is 41.5 Å². The highest BCUT2D eigenvalue weighted by molar-refractivity contribution is 5.74. The molecule has 2 aromatic rings. The predicted octanol–water partition coefficient (Wildman–Crippen LogP) is 2.10. The lowest BCUT2D eigenvalue weighted by Crippen LogP contribution is -2.02. The Labute approximate surface area is 97.1 Å². The summed E-state index contributed by atoms with van der Waals surface area (Å²) in [5, 5.41) is 7.81. The second-order valence-electron chi connectivity index (χ2n) is 4.14. The van der Waals surface area contributed by atoms with Crippen LogP contribution in [0.3, 0.4) is 0 Å². The summed E-state index contributed by atoms with van der Waals surface area (Å²) in [6, 6.07) is 6.00. The quantitative estimate of drug-likeness (QED) is 0.760. The van der Waals surface area contributed by atoms with E-state index in [9.17, 15) is 9.18 Å². The zero-order valence-corrected chi connectivity index (χ0v) is 9.01. The van der Waals surface area contributed by atoms with Crippen LogP contribution >= 0.6 is 0 Å². The largest absolute Gasteiger partial charge is 0.296 e. The van der Waals surface area contributed by atoms with Crippen molar-refractivity contribution in [3.63, 3.8) is 0 Å². The van der Waals surface area contributed by atoms with Gasteiger partial charge in [0.1, 0.15) is 11.5 Å². The Morgan fingerprint density at radius 2 is 2.00 bits per heavy atom. The Balaban J connectivity index is 2.10. The number of carbonyl (C=O) groups excluding carboxylic acids is 1. The molecular formula is C12H10FN3O. The molecular weight excluding hydrogens is 221 g/mol. The minimum atomic E-state index is -0.294. The van der Waals surface area contributed by atoms with Gasteiger partial charge in [0.15, 0.2) is 6.29 Å². The number of hydrogen-bond donors (Lipinski definition) is 0. The van der Waals surface area contributed by atoms with E-state index in [2.05, 4.69) is 10.3 Å². The lowest BCUT2D eigenvalue weighted by Gasteiger charge is -2.05. The van der Waals surface area contributed by atoms with Gasteiger partial charge < -0.3 is 0 Å². The second kappa shape index (κ2) is 3.76. The number of aromatic nitrogens is 3. The van der Waals surface area contributed by atoms with E-state index in [4.69, 9.17) is 0 Å². The monoisotopic (exact) mass is 231 g/mol. The van der Waals surface area contributed by atoms with E-state index in [1.807, 2.05) is 0 Å². The van der Waals surface area contributed by atoms with Gasteiger partial charge in [-0.25, -0.2) is 9.07 Å². The lowest BCUT2D eigenvalue weighted by atomic mass is 10.2. The molecule has 17 heavy (non-hydrogen) atoms. The number of carbonyl (C=O) groups is 1. The van der Waals surface area contributed by atoms with Gasteiger partial charge in [-0.05, 0) is 37.1 Å². The minimum absolute atomic E-state index is 0.294. The number of nitrogens with zero attached hydrogens (tertiary/aromatic N) is 3. The Morgan fingerprint density at radius 1 is 1.29 bits per heavy atom. The Hall–Kier alpha value is -2.04. The fourth-order valence-corrected chi connectivity index (χ4v) is 1.90. The van der Waals surface area contributed by atoms with Gasteiger partial charge in [-0.2, -0.15) is 0 Å². The first kappa shape index (κ1) is 10.1. The van der Waals surface area contributed by atoms with Crippen LogP contribution in [-0.4, -0.2) is 21.3 Å². The van der Waals surface area contributed by atoms with Crippen molar-refractivity contribution in [3.8, 4) is 5.69 Å². The minimum Gasteiger partial charge on any atom is -0.296 e. The number of halogens is 1. The summed E-state index contributed by atoms with van der Waals surface area (Å²) < 4.78 is 14.5. The van der Waals surface area contributed by atoms with E-state index in [1.165, 1.54) is 12.1 Å². The smallest absolute Gasteiger partial charge is 0.172 e. The van der Waals surface area contributed by atoms with Crippen LogP contribution in [0.25, 0.3) is 5.69 Å². The molecule has 0 N–H and O–H groups in total. The molecule has 0 saturated heterocycles. The average molecular weight is 231 g/mol. The SMILES string of the molecule is O=Cc1nnn(-c2ccc(F)cc2)c1C1CC1. The van der Waals surface area contributed by atoms with Crippen molar-refractivity contribution in [1.29, 1.82) is 0 Å². The maximum absolute atomic E-state index is 12.8. The molecule has 1 aromatic carbocycles. The fourth-order valence-electron chi connectivity index (χ4n) is 1.90. The first-order valence-electron chi connectivity index (χ1n) is 5.46. The van der Waals surface area contributed by atoms with Gasteiger partial charge in [-0.1, -0.05) is 5.21 Å². The van der Waals surface area contributed by atoms with Crippen molar-refractivity contribution in [2.75, 3.05) is 0 Å². The summed E-state index contributed by atoms with van der Waals surface area (Å²) in [5.74, 6) is 0.0627. The van der Waals surface area contributed by atoms with Crippen molar-refractivity contribution in [2.45, 2.75) is 18.8 Å². The summed E-state index contributed by atoms with van der Waals surface area (Å²) in [6.45, 7) is 0. The summed E-state index contributed by atoms with van der Waals surface area (Å²) in [7, 11) is 0. The van der Waals surface area contributed by atoms with Gasteiger partial charge in [0, 0.05) is 5.92 Å². The molecule has 1 fully saturated rings. The summed E-state index contributed by atoms with van der Waals surface area (Å²) in [5.41, 5.74) is 1.96. The molecule has 0 radical (unpaired) electrons. The van der Waals surface area contributed by atoms with Gasteiger partial charge in [0.05, 0.1) is 11.4 Å². The maximum atomic E-state index is 12.8. The normalized spacial score (nSPS) is 14.9. The number of hydrogen-bond acceptors (Lipinski definition) is 3. The van der Waals surface area contributed by atoms with Gasteiger partial charge in [0.2, 0.25) is 0 Å². The van der Waals surface area contributed by atoms with Gasteiger partial charge in [-0.15, -0.1) is 5.10 Å². The van der Waals surface area contributed by atoms with Crippen molar-refractivity contribution in [1.82, 2.24) is 15.0 Å². The van der Waals surface area contributed by atoms with E-state index in [0.29, 0.717) is 11.6 Å². The average Bonchev–Trinajstić information content (AvgIpc) is 3.10. The zero-order chi connectivity index (χ0) is 11.8. The third-order valence-electron chi connectivity index (χ3n) is 2.88. The van der Waals surface area contributed by atoms with Crippen LogP contribution in [0.5, 0.6) is 0 Å². The number of aldehydes is 1. The van der Waals surface area contributed by atoms with E-state index in [1.54, 1.807) is 16.8 Å². The van der Waals surface area contributed by atoms with Crippen LogP contribution in [0.15, 0.2) is 24.3 Å². The predicted molar refractivity (Wildman–Crippen MR) is 58.7 cm³/mol. The van der Waals surface area contributed by atoms with Crippen molar-refractivity contribution in [2.24, 2.45) is 0 Å². The van der Waals surface area contributed by atoms with Crippen molar-refractivity contribution >= 4 is 6.29 Å². The summed E-state index contributed by atoms with van der Waals surface area (Å²) in [4.78, 5) is 10.9. The molecule has 86 valence electrons. The van der Waals surface area contributed by atoms with Gasteiger partial charge >= 0.3 is 0 Å². The zero-order valence-electron chi connectivity index (χ0n) is 9.01. The van der Waals surface area contributed by atoms with Crippen LogP contribution in [0.2, 0.25) is 0 Å². The molecule has 1 aromatic heterocycles. The molecule has 0 bridgehead atoms. The van der Waals surface area contributed by atoms with E-state index < -0.39 is 0 Å². The van der Waals surface area contributed by atoms with E-state index >= 15 is 0 Å². The summed E-state index contributed by atoms with van der Waals surface area (Å²) >= 11 is 0. The third-order valence-corrected chi connectivity index (χ3v) is 2.88. The van der Waals surface area contributed by atoms with Crippen LogP contribution in [0, 0.1) is 5.82 Å². The Kier molecular flexibility index (Phi) is 2.24. The first-order valence-corrected chi connectivity index (χ1v) is 5.46. The summed E-state index contributed by atoms with van der Waals surface area (Å²) in [6.07, 6.45) is 2.82. The van der Waals surface area contributed by atoms with Crippen molar-refractivity contribution < 1.29 is 9.18 Å². The van der Waals surface area contributed by atoms with Gasteiger partial charge in [-0.3, -0.25) is 4.79 Å². The highest BCUT2D eigenvalue weighted by Crippen LogP contribution is 2.41. The van der Waals surface area contributed by atoms with Gasteiger partial charge in [0.25, 0.3) is 0 Å². The lowest BCUT2D eigenvalue weighted by molar-refractivity contribution is 0.111. The Bertz CT molecular complexity index is 558. The number of rotatable bonds is 3. The molecule has 4 nitrogen and oxygen atoms in total. The molecule has 5 heteroatoms. The fraction of sp³-hybridized carbons (Fsp3) is 0.250. The molecule has 0 aliphatic heterocycles. The van der Waals surface area contributed by atoms with E-state index in [0.717, 1.165) is 30.5 Å². The maximum Gasteiger partial charge on any atom is 0.172 e. The third kappa shape index (κ3) is 1.73. The second-order valence-corrected chi connectivity index (χ2v) is 4.14. The highest BCUT2D eigenvalue weighted by Gasteiger charge is 2.31. The number of benzene rings is 1. The molecule has 0 amide bonds. The molecule has 0 spiro atoms. The molecule has 3 rings (SSSR count). The molecule has 1 saturated carbocycles. The highest BCUT2D eigenvalue weighted by atomic mass is 19.1. The molecule has 0 atom stereocenters. The Morgan fingerprint density at radius 3 is 2.59 bits per heavy atom. The topological polar surface area (TPSA) is 47.8 Å². The van der Waals surface area contributed by atoms with Crippen LogP contribution in [0.1, 0.15) is 34.9 Å². The van der Waals surface area contributed by atoms with Crippen LogP contribution in [-0.2, 0) is 0 Å². The van der Waals surface area contributed by atoms with Crippen LogP contribution < -0.4 is 0 Å². The molecule has 1 aliphatic carbocycles. The molecule has 1 aliphatic rings. The van der Waals surface area contributed by atoms with E-state index in [-0.39, 0.29) is 5.82 Å². The first-order chi connectivity index (χ1) is 8.29. The van der Waals surface area contributed by atoms with Crippen LogP contribution in [0.4, 0.5) is 4.39 Å². The molecule has 0 unspecified atom stereocenters.